The third kappa shape index (κ3) is 1.35. The van der Waals surface area contributed by atoms with Crippen LogP contribution >= 0.6 is 0 Å². The first kappa shape index (κ1) is 8.66. The van der Waals surface area contributed by atoms with E-state index in [-0.39, 0.29) is 0 Å². The van der Waals surface area contributed by atoms with Crippen LogP contribution in [0.4, 0.5) is 5.95 Å². The van der Waals surface area contributed by atoms with E-state index in [1.807, 2.05) is 6.07 Å². The number of nitrogens with zero attached hydrogens (tertiary/aromatic N) is 4. The molecule has 1 saturated carbocycles. The zero-order valence-electron chi connectivity index (χ0n) is 8.37. The van der Waals surface area contributed by atoms with Crippen LogP contribution in [0.3, 0.4) is 0 Å². The molecule has 0 spiro atoms. The molecule has 1 saturated heterocycles. The number of rotatable bonds is 2. The summed E-state index contributed by atoms with van der Waals surface area (Å²) in [5.41, 5.74) is 0. The molecule has 0 amide bonds. The molecule has 4 nitrogen and oxygen atoms in total. The van der Waals surface area contributed by atoms with Gasteiger partial charge in [0.2, 0.25) is 5.95 Å². The van der Waals surface area contributed by atoms with Gasteiger partial charge < -0.3 is 4.90 Å². The maximum atomic E-state index is 8.63. The van der Waals surface area contributed by atoms with Gasteiger partial charge in [0.25, 0.3) is 0 Å². The van der Waals surface area contributed by atoms with Gasteiger partial charge in [0.15, 0.2) is 0 Å². The smallest absolute Gasteiger partial charge is 0.225 e. The standard InChI is InChI=1S/C11H12N4/c12-3-2-8-9-6-15(7-10(8)9)11-13-4-1-5-14-11/h1,4-5,8-10H,2,6-7H2. The monoisotopic (exact) mass is 200 g/mol. The van der Waals surface area contributed by atoms with Crippen LogP contribution in [0.2, 0.25) is 0 Å². The molecule has 76 valence electrons. The molecule has 3 rings (SSSR count). The van der Waals surface area contributed by atoms with E-state index in [1.54, 1.807) is 12.4 Å². The normalized spacial score (nSPS) is 32.2. The summed E-state index contributed by atoms with van der Waals surface area (Å²) in [6.45, 7) is 2.06. The minimum absolute atomic E-state index is 0.648. The largest absolute Gasteiger partial charge is 0.340 e. The lowest BCUT2D eigenvalue weighted by atomic mass is 10.2. The van der Waals surface area contributed by atoms with Gasteiger partial charge in [-0.15, -0.1) is 0 Å². The van der Waals surface area contributed by atoms with Crippen molar-refractivity contribution in [2.24, 2.45) is 17.8 Å². The molecule has 1 aromatic rings. The second-order valence-electron chi connectivity index (χ2n) is 4.31. The van der Waals surface area contributed by atoms with Crippen LogP contribution in [-0.4, -0.2) is 23.1 Å². The van der Waals surface area contributed by atoms with Gasteiger partial charge in [0.05, 0.1) is 6.07 Å². The number of hydrogen-bond donors (Lipinski definition) is 0. The average Bonchev–Trinajstić information content (AvgIpc) is 2.77. The Hall–Kier alpha value is -1.63. The highest BCUT2D eigenvalue weighted by Crippen LogP contribution is 2.53. The topological polar surface area (TPSA) is 52.8 Å². The molecule has 15 heavy (non-hydrogen) atoms. The summed E-state index contributed by atoms with van der Waals surface area (Å²) < 4.78 is 0. The summed E-state index contributed by atoms with van der Waals surface area (Å²) in [6.07, 6.45) is 4.27. The maximum Gasteiger partial charge on any atom is 0.225 e. The number of hydrogen-bond acceptors (Lipinski definition) is 4. The molecule has 1 aliphatic carbocycles. The highest BCUT2D eigenvalue weighted by molar-refractivity contribution is 5.34. The Kier molecular flexibility index (Phi) is 1.84. The molecule has 2 atom stereocenters. The van der Waals surface area contributed by atoms with Gasteiger partial charge in [0, 0.05) is 31.9 Å². The van der Waals surface area contributed by atoms with Crippen LogP contribution in [0, 0.1) is 29.1 Å². The molecule has 2 aliphatic rings. The number of anilines is 1. The fraction of sp³-hybridized carbons (Fsp3) is 0.545. The van der Waals surface area contributed by atoms with Gasteiger partial charge in [-0.3, -0.25) is 0 Å². The van der Waals surface area contributed by atoms with E-state index in [0.29, 0.717) is 17.8 Å². The highest BCUT2D eigenvalue weighted by atomic mass is 15.3. The predicted molar refractivity (Wildman–Crippen MR) is 54.9 cm³/mol. The van der Waals surface area contributed by atoms with Crippen LogP contribution in [0.5, 0.6) is 0 Å². The first-order valence-electron chi connectivity index (χ1n) is 5.29. The molecule has 1 aromatic heterocycles. The molecule has 2 fully saturated rings. The fourth-order valence-corrected chi connectivity index (χ4v) is 2.68. The summed E-state index contributed by atoms with van der Waals surface area (Å²) in [5, 5.41) is 8.63. The summed E-state index contributed by atoms with van der Waals surface area (Å²) in [6, 6.07) is 4.10. The zero-order chi connectivity index (χ0) is 10.3. The van der Waals surface area contributed by atoms with Crippen molar-refractivity contribution in [1.82, 2.24) is 9.97 Å². The first-order chi connectivity index (χ1) is 7.40. The summed E-state index contributed by atoms with van der Waals surface area (Å²) in [7, 11) is 0. The van der Waals surface area contributed by atoms with E-state index in [9.17, 15) is 0 Å². The summed E-state index contributed by atoms with van der Waals surface area (Å²) >= 11 is 0. The van der Waals surface area contributed by atoms with E-state index in [1.165, 1.54) is 0 Å². The van der Waals surface area contributed by atoms with Crippen molar-refractivity contribution in [2.45, 2.75) is 6.42 Å². The Bertz CT molecular complexity index is 385. The number of fused-ring (bicyclic) bond motifs is 1. The lowest BCUT2D eigenvalue weighted by molar-refractivity contribution is 0.642. The Morgan fingerprint density at radius 2 is 2.00 bits per heavy atom. The molecular weight excluding hydrogens is 188 g/mol. The van der Waals surface area contributed by atoms with Crippen molar-refractivity contribution in [3.8, 4) is 6.07 Å². The van der Waals surface area contributed by atoms with E-state index in [0.717, 1.165) is 25.5 Å². The van der Waals surface area contributed by atoms with Gasteiger partial charge in [0.1, 0.15) is 0 Å². The molecule has 4 heteroatoms. The Morgan fingerprint density at radius 3 is 2.60 bits per heavy atom. The predicted octanol–water partition coefficient (Wildman–Crippen LogP) is 1.07. The summed E-state index contributed by atoms with van der Waals surface area (Å²) in [5.74, 6) is 2.91. The third-order valence-corrected chi connectivity index (χ3v) is 3.53. The molecule has 1 aliphatic heterocycles. The minimum atomic E-state index is 0.648. The lowest BCUT2D eigenvalue weighted by Crippen LogP contribution is -2.25. The summed E-state index contributed by atoms with van der Waals surface area (Å²) in [4.78, 5) is 10.7. The lowest BCUT2D eigenvalue weighted by Gasteiger charge is -2.18. The van der Waals surface area contributed by atoms with E-state index >= 15 is 0 Å². The quantitative estimate of drug-likeness (QED) is 0.716. The van der Waals surface area contributed by atoms with E-state index < -0.39 is 0 Å². The minimum Gasteiger partial charge on any atom is -0.340 e. The van der Waals surface area contributed by atoms with Crippen molar-refractivity contribution in [1.29, 1.82) is 5.26 Å². The van der Waals surface area contributed by atoms with Gasteiger partial charge in [-0.05, 0) is 23.8 Å². The average molecular weight is 200 g/mol. The van der Waals surface area contributed by atoms with Crippen molar-refractivity contribution >= 4 is 5.95 Å². The number of aromatic nitrogens is 2. The van der Waals surface area contributed by atoms with E-state index in [4.69, 9.17) is 5.26 Å². The zero-order valence-corrected chi connectivity index (χ0v) is 8.37. The third-order valence-electron chi connectivity index (χ3n) is 3.53. The van der Waals surface area contributed by atoms with Gasteiger partial charge in [-0.1, -0.05) is 0 Å². The van der Waals surface area contributed by atoms with Gasteiger partial charge in [-0.2, -0.15) is 5.26 Å². The molecule has 0 bridgehead atoms. The van der Waals surface area contributed by atoms with Crippen LogP contribution < -0.4 is 4.90 Å². The van der Waals surface area contributed by atoms with Crippen LogP contribution in [-0.2, 0) is 0 Å². The molecule has 2 unspecified atom stereocenters. The van der Waals surface area contributed by atoms with Crippen LogP contribution in [0.25, 0.3) is 0 Å². The molecule has 2 heterocycles. The molecule has 0 radical (unpaired) electrons. The highest BCUT2D eigenvalue weighted by Gasteiger charge is 2.55. The fourth-order valence-electron chi connectivity index (χ4n) is 2.68. The van der Waals surface area contributed by atoms with Crippen molar-refractivity contribution in [2.75, 3.05) is 18.0 Å². The Labute approximate surface area is 88.6 Å². The molecular formula is C11H12N4. The van der Waals surface area contributed by atoms with Crippen LogP contribution in [0.1, 0.15) is 6.42 Å². The van der Waals surface area contributed by atoms with Crippen molar-refractivity contribution in [3.05, 3.63) is 18.5 Å². The van der Waals surface area contributed by atoms with E-state index in [2.05, 4.69) is 20.9 Å². The van der Waals surface area contributed by atoms with Gasteiger partial charge in [-0.25, -0.2) is 9.97 Å². The SMILES string of the molecule is N#CCC1C2CN(c3ncccn3)CC12. The van der Waals surface area contributed by atoms with Crippen molar-refractivity contribution in [3.63, 3.8) is 0 Å². The maximum absolute atomic E-state index is 8.63. The number of piperidine rings is 1. The molecule has 0 aromatic carbocycles. The van der Waals surface area contributed by atoms with Crippen molar-refractivity contribution < 1.29 is 0 Å². The van der Waals surface area contributed by atoms with Crippen LogP contribution in [0.15, 0.2) is 18.5 Å². The second-order valence-corrected chi connectivity index (χ2v) is 4.31. The number of nitriles is 1. The second kappa shape index (κ2) is 3.20. The molecule has 0 N–H and O–H groups in total. The van der Waals surface area contributed by atoms with Gasteiger partial charge >= 0.3 is 0 Å². The Balaban J connectivity index is 1.65. The first-order valence-corrected chi connectivity index (χ1v) is 5.29. The Morgan fingerprint density at radius 1 is 1.33 bits per heavy atom.